The van der Waals surface area contributed by atoms with Gasteiger partial charge in [0, 0.05) is 6.42 Å². The molecular weight excluding hydrogens is 146 g/mol. The summed E-state index contributed by atoms with van der Waals surface area (Å²) in [6.07, 6.45) is -2.53. The highest BCUT2D eigenvalue weighted by atomic mass is 16.5. The average molecular weight is 157 g/mol. The lowest BCUT2D eigenvalue weighted by atomic mass is 9.99. The SMILES string of the molecule is C[C@@H]1O[C@H](C#N)C[C@H](O)[C@H]1O. The quantitative estimate of drug-likeness (QED) is 0.493. The van der Waals surface area contributed by atoms with Crippen LogP contribution in [0.5, 0.6) is 0 Å². The van der Waals surface area contributed by atoms with E-state index in [1.807, 2.05) is 6.07 Å². The molecule has 4 atom stereocenters. The zero-order valence-corrected chi connectivity index (χ0v) is 6.27. The third-order valence-corrected chi connectivity index (χ3v) is 1.85. The van der Waals surface area contributed by atoms with Gasteiger partial charge < -0.3 is 14.9 Å². The molecule has 2 N–H and O–H groups in total. The van der Waals surface area contributed by atoms with E-state index in [0.29, 0.717) is 0 Å². The van der Waals surface area contributed by atoms with E-state index >= 15 is 0 Å². The van der Waals surface area contributed by atoms with Crippen molar-refractivity contribution < 1.29 is 14.9 Å². The second kappa shape index (κ2) is 3.18. The minimum absolute atomic E-state index is 0.196. The van der Waals surface area contributed by atoms with Crippen LogP contribution in [-0.2, 0) is 4.74 Å². The molecule has 0 bridgehead atoms. The molecule has 1 saturated heterocycles. The van der Waals surface area contributed by atoms with Crippen LogP contribution in [0.1, 0.15) is 13.3 Å². The van der Waals surface area contributed by atoms with Crippen LogP contribution in [0, 0.1) is 11.3 Å². The summed E-state index contributed by atoms with van der Waals surface area (Å²) in [5.41, 5.74) is 0. The number of ether oxygens (including phenoxy) is 1. The first-order valence-corrected chi connectivity index (χ1v) is 3.56. The zero-order valence-electron chi connectivity index (χ0n) is 6.27. The summed E-state index contributed by atoms with van der Waals surface area (Å²) < 4.78 is 5.05. The molecule has 1 heterocycles. The Morgan fingerprint density at radius 1 is 1.55 bits per heavy atom. The Morgan fingerprint density at radius 2 is 2.18 bits per heavy atom. The molecule has 1 aliphatic heterocycles. The summed E-state index contributed by atoms with van der Waals surface area (Å²) in [6.45, 7) is 1.64. The normalized spacial score (nSPS) is 44.9. The fraction of sp³-hybridized carbons (Fsp3) is 0.857. The van der Waals surface area contributed by atoms with Crippen LogP contribution in [-0.4, -0.2) is 34.6 Å². The first-order chi connectivity index (χ1) is 5.15. The summed E-state index contributed by atoms with van der Waals surface area (Å²) in [7, 11) is 0. The molecule has 1 aliphatic rings. The molecular formula is C7H11NO3. The van der Waals surface area contributed by atoms with Crippen LogP contribution in [0.25, 0.3) is 0 Å². The molecule has 11 heavy (non-hydrogen) atoms. The van der Waals surface area contributed by atoms with Gasteiger partial charge >= 0.3 is 0 Å². The molecule has 1 rings (SSSR count). The van der Waals surface area contributed by atoms with Gasteiger partial charge in [-0.15, -0.1) is 0 Å². The van der Waals surface area contributed by atoms with Crippen LogP contribution in [0.2, 0.25) is 0 Å². The summed E-state index contributed by atoms with van der Waals surface area (Å²) in [6, 6.07) is 1.89. The van der Waals surface area contributed by atoms with Crippen molar-refractivity contribution in [1.82, 2.24) is 0 Å². The molecule has 0 spiro atoms. The highest BCUT2D eigenvalue weighted by Gasteiger charge is 2.33. The Bertz CT molecular complexity index is 165. The summed E-state index contributed by atoms with van der Waals surface area (Å²) in [5, 5.41) is 26.8. The standard InChI is InChI=1S/C7H11NO3/c1-4-7(10)6(9)2-5(3-8)11-4/h4-7,9-10H,2H2,1H3/t4-,5-,6-,7-/m0/s1. The van der Waals surface area contributed by atoms with E-state index in [0.717, 1.165) is 0 Å². The van der Waals surface area contributed by atoms with Crippen LogP contribution >= 0.6 is 0 Å². The van der Waals surface area contributed by atoms with Gasteiger partial charge in [0.1, 0.15) is 12.2 Å². The minimum atomic E-state index is -0.861. The summed E-state index contributed by atoms with van der Waals surface area (Å²) in [5.74, 6) is 0. The maximum Gasteiger partial charge on any atom is 0.147 e. The second-order valence-corrected chi connectivity index (χ2v) is 2.75. The molecule has 0 radical (unpaired) electrons. The molecule has 4 heteroatoms. The fourth-order valence-corrected chi connectivity index (χ4v) is 1.15. The van der Waals surface area contributed by atoms with Gasteiger partial charge in [-0.05, 0) is 6.92 Å². The maximum atomic E-state index is 9.18. The Kier molecular flexibility index (Phi) is 2.45. The molecule has 0 saturated carbocycles. The van der Waals surface area contributed by atoms with E-state index in [2.05, 4.69) is 0 Å². The van der Waals surface area contributed by atoms with Crippen molar-refractivity contribution in [3.63, 3.8) is 0 Å². The van der Waals surface area contributed by atoms with Crippen molar-refractivity contribution in [3.8, 4) is 6.07 Å². The van der Waals surface area contributed by atoms with Gasteiger partial charge in [0.25, 0.3) is 0 Å². The van der Waals surface area contributed by atoms with Crippen LogP contribution in [0.3, 0.4) is 0 Å². The minimum Gasteiger partial charge on any atom is -0.390 e. The predicted octanol–water partition coefficient (Wildman–Crippen LogP) is -0.591. The molecule has 0 aromatic carbocycles. The van der Waals surface area contributed by atoms with E-state index in [9.17, 15) is 5.11 Å². The Hall–Kier alpha value is -0.630. The lowest BCUT2D eigenvalue weighted by molar-refractivity contribution is -0.146. The molecule has 0 aliphatic carbocycles. The molecule has 1 fully saturated rings. The van der Waals surface area contributed by atoms with Crippen LogP contribution in [0.15, 0.2) is 0 Å². The second-order valence-electron chi connectivity index (χ2n) is 2.75. The van der Waals surface area contributed by atoms with E-state index in [1.54, 1.807) is 6.92 Å². The molecule has 0 unspecified atom stereocenters. The van der Waals surface area contributed by atoms with Gasteiger partial charge in [0.2, 0.25) is 0 Å². The van der Waals surface area contributed by atoms with Gasteiger partial charge in [-0.3, -0.25) is 0 Å². The molecule has 0 aromatic heterocycles. The number of hydrogen-bond donors (Lipinski definition) is 2. The van der Waals surface area contributed by atoms with E-state index in [-0.39, 0.29) is 6.42 Å². The van der Waals surface area contributed by atoms with Gasteiger partial charge in [-0.1, -0.05) is 0 Å². The smallest absolute Gasteiger partial charge is 0.147 e. The van der Waals surface area contributed by atoms with Crippen LogP contribution in [0.4, 0.5) is 0 Å². The lowest BCUT2D eigenvalue weighted by Crippen LogP contribution is -2.46. The lowest BCUT2D eigenvalue weighted by Gasteiger charge is -2.32. The number of nitrogens with zero attached hydrogens (tertiary/aromatic N) is 1. The van der Waals surface area contributed by atoms with E-state index < -0.39 is 24.4 Å². The Labute approximate surface area is 65.0 Å². The highest BCUT2D eigenvalue weighted by molar-refractivity contribution is 4.93. The number of aliphatic hydroxyl groups excluding tert-OH is 2. The molecule has 0 aromatic rings. The largest absolute Gasteiger partial charge is 0.390 e. The topological polar surface area (TPSA) is 73.5 Å². The molecule has 62 valence electrons. The van der Waals surface area contributed by atoms with Crippen LogP contribution < -0.4 is 0 Å². The Morgan fingerprint density at radius 3 is 2.64 bits per heavy atom. The highest BCUT2D eigenvalue weighted by Crippen LogP contribution is 2.19. The first-order valence-electron chi connectivity index (χ1n) is 3.56. The number of aliphatic hydroxyl groups is 2. The van der Waals surface area contributed by atoms with Crippen molar-refractivity contribution in [2.75, 3.05) is 0 Å². The number of nitriles is 1. The summed E-state index contributed by atoms with van der Waals surface area (Å²) in [4.78, 5) is 0. The van der Waals surface area contributed by atoms with Crippen molar-refractivity contribution in [1.29, 1.82) is 5.26 Å². The third kappa shape index (κ3) is 1.69. The van der Waals surface area contributed by atoms with Gasteiger partial charge in [-0.25, -0.2) is 0 Å². The van der Waals surface area contributed by atoms with E-state index in [4.69, 9.17) is 15.1 Å². The monoisotopic (exact) mass is 157 g/mol. The molecule has 4 nitrogen and oxygen atoms in total. The molecule has 0 amide bonds. The van der Waals surface area contributed by atoms with Crippen molar-refractivity contribution >= 4 is 0 Å². The fourth-order valence-electron chi connectivity index (χ4n) is 1.15. The van der Waals surface area contributed by atoms with Gasteiger partial charge in [-0.2, -0.15) is 5.26 Å². The first kappa shape index (κ1) is 8.47. The third-order valence-electron chi connectivity index (χ3n) is 1.85. The van der Waals surface area contributed by atoms with Crippen molar-refractivity contribution in [2.24, 2.45) is 0 Å². The number of hydrogen-bond acceptors (Lipinski definition) is 4. The van der Waals surface area contributed by atoms with E-state index in [1.165, 1.54) is 0 Å². The van der Waals surface area contributed by atoms with Crippen molar-refractivity contribution in [2.45, 2.75) is 37.8 Å². The zero-order chi connectivity index (χ0) is 8.43. The summed E-state index contributed by atoms with van der Waals surface area (Å²) >= 11 is 0. The van der Waals surface area contributed by atoms with Gasteiger partial charge in [0.05, 0.1) is 18.3 Å². The Balaban J connectivity index is 2.56. The average Bonchev–Trinajstić information content (AvgIpc) is 1.99. The predicted molar refractivity (Wildman–Crippen MR) is 36.6 cm³/mol. The number of rotatable bonds is 0. The van der Waals surface area contributed by atoms with Gasteiger partial charge in [0.15, 0.2) is 0 Å². The maximum absolute atomic E-state index is 9.18. The van der Waals surface area contributed by atoms with Crippen molar-refractivity contribution in [3.05, 3.63) is 0 Å².